The van der Waals surface area contributed by atoms with Crippen molar-refractivity contribution in [2.24, 2.45) is 0 Å². The monoisotopic (exact) mass is 455 g/mol. The Morgan fingerprint density at radius 3 is 3.00 bits per heavy atom. The van der Waals surface area contributed by atoms with Crippen molar-refractivity contribution in [3.05, 3.63) is 64.4 Å². The van der Waals surface area contributed by atoms with Gasteiger partial charge in [-0.15, -0.1) is 0 Å². The van der Waals surface area contributed by atoms with Gasteiger partial charge in [-0.25, -0.2) is 4.68 Å². The quantitative estimate of drug-likeness (QED) is 0.614. The lowest BCUT2D eigenvalue weighted by Gasteiger charge is -2.25. The highest BCUT2D eigenvalue weighted by Gasteiger charge is 2.29. The van der Waals surface area contributed by atoms with Crippen molar-refractivity contribution >= 4 is 39.4 Å². The van der Waals surface area contributed by atoms with Gasteiger partial charge in [-0.3, -0.25) is 14.9 Å². The van der Waals surface area contributed by atoms with E-state index in [1.807, 2.05) is 43.3 Å². The predicted octanol–water partition coefficient (Wildman–Crippen LogP) is 3.30. The van der Waals surface area contributed by atoms with Crippen LogP contribution < -0.4 is 15.4 Å². The molecule has 1 aliphatic heterocycles. The highest BCUT2D eigenvalue weighted by molar-refractivity contribution is 9.10. The first-order valence-electron chi connectivity index (χ1n) is 8.98. The molecular formula is C20H18BrN5O3. The molecule has 1 atom stereocenters. The third-order valence-corrected chi connectivity index (χ3v) is 5.09. The van der Waals surface area contributed by atoms with Crippen molar-refractivity contribution in [3.63, 3.8) is 0 Å². The average Bonchev–Trinajstić information content (AvgIpc) is 3.16. The molecule has 0 saturated heterocycles. The van der Waals surface area contributed by atoms with Gasteiger partial charge >= 0.3 is 0 Å². The molecule has 0 saturated carbocycles. The molecule has 0 radical (unpaired) electrons. The second-order valence-electron chi connectivity index (χ2n) is 6.63. The number of carbonyl (C=O) groups excluding carboxylic acids is 2. The van der Waals surface area contributed by atoms with E-state index in [-0.39, 0.29) is 30.9 Å². The van der Waals surface area contributed by atoms with E-state index in [0.717, 1.165) is 21.3 Å². The fourth-order valence-corrected chi connectivity index (χ4v) is 3.71. The minimum absolute atomic E-state index is 0.145. The highest BCUT2D eigenvalue weighted by atomic mass is 79.9. The third-order valence-electron chi connectivity index (χ3n) is 4.60. The van der Waals surface area contributed by atoms with Crippen LogP contribution in [0.5, 0.6) is 5.75 Å². The fourth-order valence-electron chi connectivity index (χ4n) is 3.23. The second-order valence-corrected chi connectivity index (χ2v) is 7.55. The molecule has 1 aromatic heterocycles. The zero-order valence-corrected chi connectivity index (χ0v) is 17.1. The Balaban J connectivity index is 1.50. The number of benzene rings is 2. The zero-order chi connectivity index (χ0) is 20.4. The third kappa shape index (κ3) is 4.14. The molecule has 148 valence electrons. The lowest BCUT2D eigenvalue weighted by atomic mass is 10.0. The van der Waals surface area contributed by atoms with Gasteiger partial charge in [0.2, 0.25) is 11.9 Å². The normalized spacial score (nSPS) is 15.4. The number of aromatic nitrogens is 3. The Morgan fingerprint density at radius 1 is 1.34 bits per heavy atom. The van der Waals surface area contributed by atoms with E-state index in [9.17, 15) is 9.59 Å². The van der Waals surface area contributed by atoms with Crippen LogP contribution in [0.25, 0.3) is 0 Å². The van der Waals surface area contributed by atoms with Crippen LogP contribution in [0.1, 0.15) is 23.6 Å². The van der Waals surface area contributed by atoms with Gasteiger partial charge in [-0.1, -0.05) is 34.1 Å². The number of hydrogen-bond donors (Lipinski definition) is 2. The highest BCUT2D eigenvalue weighted by Crippen LogP contribution is 2.34. The molecule has 1 unspecified atom stereocenters. The maximum atomic E-state index is 12.4. The minimum atomic E-state index is -0.353. The summed E-state index contributed by atoms with van der Waals surface area (Å²) < 4.78 is 8.39. The van der Waals surface area contributed by atoms with Crippen molar-refractivity contribution in [2.45, 2.75) is 19.4 Å². The number of carbonyl (C=O) groups is 2. The summed E-state index contributed by atoms with van der Waals surface area (Å²) in [7, 11) is 0. The van der Waals surface area contributed by atoms with E-state index >= 15 is 0 Å². The summed E-state index contributed by atoms with van der Waals surface area (Å²) >= 11 is 3.41. The van der Waals surface area contributed by atoms with Crippen LogP contribution in [-0.2, 0) is 9.59 Å². The smallest absolute Gasteiger partial charge is 0.262 e. The largest absolute Gasteiger partial charge is 0.483 e. The molecule has 0 bridgehead atoms. The van der Waals surface area contributed by atoms with Crippen LogP contribution >= 0.6 is 15.9 Å². The maximum absolute atomic E-state index is 12.4. The number of aryl methyl sites for hydroxylation is 1. The molecule has 1 aliphatic rings. The van der Waals surface area contributed by atoms with Crippen LogP contribution in [0.2, 0.25) is 0 Å². The fraction of sp³-hybridized carbons (Fsp3) is 0.200. The number of amides is 2. The van der Waals surface area contributed by atoms with Gasteiger partial charge in [0.05, 0.1) is 12.5 Å². The van der Waals surface area contributed by atoms with E-state index in [1.165, 1.54) is 6.33 Å². The predicted molar refractivity (Wildman–Crippen MR) is 111 cm³/mol. The maximum Gasteiger partial charge on any atom is 0.262 e. The summed E-state index contributed by atoms with van der Waals surface area (Å²) in [6.45, 7) is 1.76. The van der Waals surface area contributed by atoms with Crippen molar-refractivity contribution in [1.82, 2.24) is 14.8 Å². The first kappa shape index (κ1) is 19.1. The SMILES string of the molecule is Cc1cc(Br)ccc1NC(=O)COc1ccccc1C1CC(=O)Nc2ncnn21. The summed E-state index contributed by atoms with van der Waals surface area (Å²) in [4.78, 5) is 28.5. The van der Waals surface area contributed by atoms with Crippen LogP contribution in [0.3, 0.4) is 0 Å². The number of halogens is 1. The lowest BCUT2D eigenvalue weighted by molar-refractivity contribution is -0.118. The number of hydrogen-bond acceptors (Lipinski definition) is 5. The van der Waals surface area contributed by atoms with Gasteiger partial charge in [0, 0.05) is 15.7 Å². The number of para-hydroxylation sites is 1. The Hall–Kier alpha value is -3.20. The number of nitrogens with one attached hydrogen (secondary N) is 2. The molecule has 9 heteroatoms. The van der Waals surface area contributed by atoms with E-state index in [0.29, 0.717) is 11.7 Å². The standard InChI is InChI=1S/C20H18BrN5O3/c1-12-8-13(21)6-7-15(12)24-19(28)10-29-17-5-3-2-4-14(17)16-9-18(27)25-20-22-11-23-26(16)20/h2-8,11,16H,9-10H2,1H3,(H,24,28)(H,22,23,25,27). The van der Waals surface area contributed by atoms with E-state index in [1.54, 1.807) is 10.7 Å². The molecule has 2 N–H and O–H groups in total. The molecule has 2 amide bonds. The summed E-state index contributed by atoms with van der Waals surface area (Å²) in [5.74, 6) is 0.502. The van der Waals surface area contributed by atoms with Gasteiger partial charge in [0.15, 0.2) is 6.61 Å². The Labute approximate surface area is 175 Å². The van der Waals surface area contributed by atoms with Crippen LogP contribution in [0.4, 0.5) is 11.6 Å². The number of nitrogens with zero attached hydrogens (tertiary/aromatic N) is 3. The first-order chi connectivity index (χ1) is 14.0. The second kappa shape index (κ2) is 8.04. The molecular weight excluding hydrogens is 438 g/mol. The minimum Gasteiger partial charge on any atom is -0.483 e. The van der Waals surface area contributed by atoms with Gasteiger partial charge in [-0.05, 0) is 36.8 Å². The molecule has 8 nitrogen and oxygen atoms in total. The summed E-state index contributed by atoms with van der Waals surface area (Å²) in [6, 6.07) is 12.6. The number of rotatable bonds is 5. The van der Waals surface area contributed by atoms with Crippen LogP contribution in [0.15, 0.2) is 53.3 Å². The summed E-state index contributed by atoms with van der Waals surface area (Å²) in [6.07, 6.45) is 1.60. The number of ether oxygens (including phenoxy) is 1. The Morgan fingerprint density at radius 2 is 2.17 bits per heavy atom. The van der Waals surface area contributed by atoms with Gasteiger partial charge in [0.25, 0.3) is 5.91 Å². The Kier molecular flexibility index (Phi) is 5.30. The van der Waals surface area contributed by atoms with Crippen LogP contribution in [0, 0.1) is 6.92 Å². The molecule has 0 fully saturated rings. The van der Waals surface area contributed by atoms with Crippen LogP contribution in [-0.4, -0.2) is 33.2 Å². The number of fused-ring (bicyclic) bond motifs is 1. The zero-order valence-electron chi connectivity index (χ0n) is 15.6. The summed E-state index contributed by atoms with van der Waals surface area (Å²) in [5.41, 5.74) is 2.44. The molecule has 0 aliphatic carbocycles. The van der Waals surface area contributed by atoms with Crippen molar-refractivity contribution in [3.8, 4) is 5.75 Å². The average molecular weight is 456 g/mol. The van der Waals surface area contributed by atoms with E-state index in [4.69, 9.17) is 4.74 Å². The van der Waals surface area contributed by atoms with Crippen molar-refractivity contribution in [1.29, 1.82) is 0 Å². The molecule has 2 heterocycles. The first-order valence-corrected chi connectivity index (χ1v) is 9.77. The van der Waals surface area contributed by atoms with Crippen molar-refractivity contribution < 1.29 is 14.3 Å². The lowest BCUT2D eigenvalue weighted by Crippen LogP contribution is -2.29. The van der Waals surface area contributed by atoms with Gasteiger partial charge < -0.3 is 10.1 Å². The van der Waals surface area contributed by atoms with E-state index < -0.39 is 0 Å². The molecule has 2 aromatic carbocycles. The molecule has 0 spiro atoms. The van der Waals surface area contributed by atoms with Gasteiger partial charge in [-0.2, -0.15) is 10.1 Å². The van der Waals surface area contributed by atoms with Crippen molar-refractivity contribution in [2.75, 3.05) is 17.2 Å². The summed E-state index contributed by atoms with van der Waals surface area (Å²) in [5, 5.41) is 9.75. The molecule has 4 rings (SSSR count). The van der Waals surface area contributed by atoms with Gasteiger partial charge in [0.1, 0.15) is 12.1 Å². The van der Waals surface area contributed by atoms with E-state index in [2.05, 4.69) is 36.6 Å². The molecule has 3 aromatic rings. The molecule has 29 heavy (non-hydrogen) atoms. The number of anilines is 2. The topological polar surface area (TPSA) is 98.1 Å². The Bertz CT molecular complexity index is 1080.